The molecule has 1 aliphatic heterocycles. The highest BCUT2D eigenvalue weighted by molar-refractivity contribution is 9.12. The molecule has 5 heteroatoms. The number of carbonyl (C=O) groups excluding carboxylic acids is 2. The van der Waals surface area contributed by atoms with E-state index in [0.717, 1.165) is 6.42 Å². The van der Waals surface area contributed by atoms with Crippen molar-refractivity contribution < 1.29 is 14.3 Å². The molecule has 0 N–H and O–H groups in total. The summed E-state index contributed by atoms with van der Waals surface area (Å²) in [6.45, 7) is 0. The van der Waals surface area contributed by atoms with E-state index in [-0.39, 0.29) is 35.6 Å². The Morgan fingerprint density at radius 2 is 1.43 bits per heavy atom. The van der Waals surface area contributed by atoms with Gasteiger partial charge in [0.2, 0.25) is 0 Å². The monoisotopic (exact) mass is 322 g/mol. The largest absolute Gasteiger partial charge is 0.393 e. The predicted molar refractivity (Wildman–Crippen MR) is 55.1 cm³/mol. The summed E-state index contributed by atoms with van der Waals surface area (Å²) in [5.41, 5.74) is 0. The fraction of sp³-hybridized carbons (Fsp3) is 0.778. The van der Waals surface area contributed by atoms with E-state index in [1.54, 1.807) is 0 Å². The number of cyclic esters (lactones) is 2. The Morgan fingerprint density at radius 1 is 1.00 bits per heavy atom. The molecule has 0 aromatic carbocycles. The maximum absolute atomic E-state index is 11.4. The molecule has 3 aliphatic rings. The molecule has 0 spiro atoms. The van der Waals surface area contributed by atoms with Crippen LogP contribution in [0.25, 0.3) is 0 Å². The molecule has 2 bridgehead atoms. The van der Waals surface area contributed by atoms with Crippen molar-refractivity contribution in [1.82, 2.24) is 0 Å². The molecule has 0 amide bonds. The second-order valence-electron chi connectivity index (χ2n) is 4.24. The second kappa shape index (κ2) is 2.82. The molecule has 0 aromatic heterocycles. The minimum Gasteiger partial charge on any atom is -0.393 e. The number of carbonyl (C=O) groups is 2. The first-order valence-corrected chi connectivity index (χ1v) is 6.48. The molecule has 2 saturated carbocycles. The standard InChI is InChI=1S/C9H8Br2O3/c10-6-2-1-3(7(6)11)5-4(2)8(12)14-9(5)13/h2-7H,1H2/t2-,3-,4-,5+,6+,7+/m1/s1. The van der Waals surface area contributed by atoms with Crippen molar-refractivity contribution in [2.24, 2.45) is 23.7 Å². The van der Waals surface area contributed by atoms with Crippen LogP contribution in [0.5, 0.6) is 0 Å². The molecule has 3 fully saturated rings. The molecule has 14 heavy (non-hydrogen) atoms. The molecular formula is C9H8Br2O3. The maximum Gasteiger partial charge on any atom is 0.317 e. The van der Waals surface area contributed by atoms with Crippen molar-refractivity contribution in [1.29, 1.82) is 0 Å². The van der Waals surface area contributed by atoms with Gasteiger partial charge in [-0.25, -0.2) is 0 Å². The average molecular weight is 324 g/mol. The highest BCUT2D eigenvalue weighted by atomic mass is 79.9. The Balaban J connectivity index is 2.01. The van der Waals surface area contributed by atoms with Crippen LogP contribution in [0.2, 0.25) is 0 Å². The van der Waals surface area contributed by atoms with Crippen molar-refractivity contribution in [2.45, 2.75) is 16.1 Å². The lowest BCUT2D eigenvalue weighted by atomic mass is 9.81. The Labute approximate surface area is 97.8 Å². The third kappa shape index (κ3) is 0.927. The van der Waals surface area contributed by atoms with E-state index in [2.05, 4.69) is 36.6 Å². The zero-order valence-corrected chi connectivity index (χ0v) is 10.3. The highest BCUT2D eigenvalue weighted by Crippen LogP contribution is 2.59. The minimum atomic E-state index is -0.309. The van der Waals surface area contributed by atoms with Crippen LogP contribution in [0.4, 0.5) is 0 Å². The molecule has 3 nitrogen and oxygen atoms in total. The predicted octanol–water partition coefficient (Wildman–Crippen LogP) is 1.48. The smallest absolute Gasteiger partial charge is 0.317 e. The van der Waals surface area contributed by atoms with E-state index in [0.29, 0.717) is 9.65 Å². The van der Waals surface area contributed by atoms with Crippen LogP contribution >= 0.6 is 31.9 Å². The quantitative estimate of drug-likeness (QED) is 0.385. The highest BCUT2D eigenvalue weighted by Gasteiger charge is 2.65. The molecule has 0 radical (unpaired) electrons. The fourth-order valence-corrected chi connectivity index (χ4v) is 5.02. The molecule has 76 valence electrons. The van der Waals surface area contributed by atoms with E-state index in [1.165, 1.54) is 0 Å². The Bertz CT molecular complexity index is 300. The minimum absolute atomic E-state index is 0.175. The molecule has 1 saturated heterocycles. The zero-order chi connectivity index (χ0) is 10.0. The summed E-state index contributed by atoms with van der Waals surface area (Å²) in [6.07, 6.45) is 0.960. The van der Waals surface area contributed by atoms with Crippen LogP contribution in [0, 0.1) is 23.7 Å². The lowest BCUT2D eigenvalue weighted by Gasteiger charge is -2.27. The van der Waals surface area contributed by atoms with Crippen LogP contribution in [-0.4, -0.2) is 21.6 Å². The van der Waals surface area contributed by atoms with Crippen LogP contribution in [0.3, 0.4) is 0 Å². The summed E-state index contributed by atoms with van der Waals surface area (Å²) >= 11 is 7.16. The number of hydrogen-bond acceptors (Lipinski definition) is 3. The third-order valence-electron chi connectivity index (χ3n) is 3.72. The van der Waals surface area contributed by atoms with Crippen LogP contribution < -0.4 is 0 Å². The van der Waals surface area contributed by atoms with Crippen LogP contribution in [-0.2, 0) is 14.3 Å². The van der Waals surface area contributed by atoms with Crippen LogP contribution in [0.1, 0.15) is 6.42 Å². The van der Waals surface area contributed by atoms with E-state index in [9.17, 15) is 9.59 Å². The average Bonchev–Trinajstić information content (AvgIpc) is 2.71. The van der Waals surface area contributed by atoms with E-state index in [4.69, 9.17) is 0 Å². The second-order valence-corrected chi connectivity index (χ2v) is 6.36. The van der Waals surface area contributed by atoms with Gasteiger partial charge in [0.25, 0.3) is 0 Å². The number of esters is 2. The molecule has 3 rings (SSSR count). The number of alkyl halides is 2. The van der Waals surface area contributed by atoms with Gasteiger partial charge < -0.3 is 4.74 Å². The van der Waals surface area contributed by atoms with Gasteiger partial charge >= 0.3 is 11.9 Å². The molecule has 0 aromatic rings. The summed E-state index contributed by atoms with van der Waals surface area (Å²) in [7, 11) is 0. The summed E-state index contributed by atoms with van der Waals surface area (Å²) in [5.74, 6) is -0.425. The molecule has 6 atom stereocenters. The SMILES string of the molecule is O=C1OC(=O)[C@H]2[C@H]3C[C@@H]([C@H](Br)[C@H]3Br)[C@@H]12. The zero-order valence-electron chi connectivity index (χ0n) is 7.15. The van der Waals surface area contributed by atoms with Gasteiger partial charge in [0.05, 0.1) is 11.8 Å². The van der Waals surface area contributed by atoms with Gasteiger partial charge in [0.15, 0.2) is 0 Å². The summed E-state index contributed by atoms with van der Waals surface area (Å²) in [5, 5.41) is 0. The van der Waals surface area contributed by atoms with E-state index < -0.39 is 0 Å². The van der Waals surface area contributed by atoms with Crippen molar-refractivity contribution in [3.63, 3.8) is 0 Å². The van der Waals surface area contributed by atoms with E-state index in [1.807, 2.05) is 0 Å². The molecule has 0 unspecified atom stereocenters. The van der Waals surface area contributed by atoms with Gasteiger partial charge in [0.1, 0.15) is 0 Å². The van der Waals surface area contributed by atoms with Gasteiger partial charge in [-0.05, 0) is 18.3 Å². The van der Waals surface area contributed by atoms with Gasteiger partial charge in [-0.2, -0.15) is 0 Å². The lowest BCUT2D eigenvalue weighted by Crippen LogP contribution is -2.37. The normalized spacial score (nSPS) is 55.0. The Kier molecular flexibility index (Phi) is 1.88. The third-order valence-corrected chi connectivity index (χ3v) is 6.93. The lowest BCUT2D eigenvalue weighted by molar-refractivity contribution is -0.154. The van der Waals surface area contributed by atoms with Gasteiger partial charge in [0, 0.05) is 9.65 Å². The van der Waals surface area contributed by atoms with Crippen molar-refractivity contribution in [2.75, 3.05) is 0 Å². The van der Waals surface area contributed by atoms with Crippen molar-refractivity contribution >= 4 is 43.8 Å². The van der Waals surface area contributed by atoms with Crippen molar-refractivity contribution in [3.8, 4) is 0 Å². The topological polar surface area (TPSA) is 43.4 Å². The van der Waals surface area contributed by atoms with Gasteiger partial charge in [-0.15, -0.1) is 0 Å². The summed E-state index contributed by atoms with van der Waals surface area (Å²) in [6, 6.07) is 0. The van der Waals surface area contributed by atoms with Crippen molar-refractivity contribution in [3.05, 3.63) is 0 Å². The number of halogens is 2. The molecule has 2 aliphatic carbocycles. The molecule has 1 heterocycles. The Morgan fingerprint density at radius 3 is 1.86 bits per heavy atom. The first-order valence-electron chi connectivity index (χ1n) is 4.65. The summed E-state index contributed by atoms with van der Waals surface area (Å²) < 4.78 is 4.69. The number of fused-ring (bicyclic) bond motifs is 5. The first-order chi connectivity index (χ1) is 6.61. The first kappa shape index (κ1) is 9.33. The van der Waals surface area contributed by atoms with Gasteiger partial charge in [-0.3, -0.25) is 9.59 Å². The summed E-state index contributed by atoms with van der Waals surface area (Å²) in [4.78, 5) is 23.5. The number of hydrogen-bond donors (Lipinski definition) is 0. The van der Waals surface area contributed by atoms with E-state index >= 15 is 0 Å². The van der Waals surface area contributed by atoms with Crippen LogP contribution in [0.15, 0.2) is 0 Å². The molecular weight excluding hydrogens is 316 g/mol. The maximum atomic E-state index is 11.4. The fourth-order valence-electron chi connectivity index (χ4n) is 3.15. The Hall–Kier alpha value is 0.1000. The number of rotatable bonds is 0. The number of ether oxygens (including phenoxy) is 1. The van der Waals surface area contributed by atoms with Gasteiger partial charge in [-0.1, -0.05) is 31.9 Å².